The maximum atomic E-state index is 6.22. The summed E-state index contributed by atoms with van der Waals surface area (Å²) in [6, 6.07) is 7.54. The van der Waals surface area contributed by atoms with E-state index in [0.717, 1.165) is 18.7 Å². The van der Waals surface area contributed by atoms with Crippen LogP contribution in [-0.2, 0) is 0 Å². The zero-order valence-electron chi connectivity index (χ0n) is 11.9. The van der Waals surface area contributed by atoms with Crippen LogP contribution in [0.15, 0.2) is 24.3 Å². The summed E-state index contributed by atoms with van der Waals surface area (Å²) in [7, 11) is 1.79. The smallest absolute Gasteiger partial charge is 0.230 e. The molecule has 0 spiro atoms. The van der Waals surface area contributed by atoms with Gasteiger partial charge in [0.05, 0.1) is 5.02 Å². The van der Waals surface area contributed by atoms with Crippen LogP contribution in [0.2, 0.25) is 5.02 Å². The highest BCUT2D eigenvalue weighted by Crippen LogP contribution is 2.26. The Labute approximate surface area is 124 Å². The Morgan fingerprint density at radius 3 is 2.40 bits per heavy atom. The number of aromatic nitrogens is 3. The molecule has 2 aromatic rings. The summed E-state index contributed by atoms with van der Waals surface area (Å²) in [6.07, 6.45) is 0. The number of rotatable bonds is 5. The predicted molar refractivity (Wildman–Crippen MR) is 83.4 cm³/mol. The summed E-state index contributed by atoms with van der Waals surface area (Å²) in [6.45, 7) is 5.82. The molecular weight excluding hydrogens is 274 g/mol. The molecule has 0 aliphatic rings. The third-order valence-electron chi connectivity index (χ3n) is 3.01. The molecule has 0 aliphatic carbocycles. The van der Waals surface area contributed by atoms with Gasteiger partial charge in [0.15, 0.2) is 5.82 Å². The minimum Gasteiger partial charge on any atom is -0.357 e. The molecule has 0 atom stereocenters. The number of hydrogen-bond acceptors (Lipinski definition) is 5. The van der Waals surface area contributed by atoms with Crippen LogP contribution in [0.4, 0.5) is 11.9 Å². The SMILES string of the molecule is CCN(CC)c1nc(NC)nc(-c2ccccc2Cl)n1. The molecule has 106 valence electrons. The lowest BCUT2D eigenvalue weighted by atomic mass is 10.2. The topological polar surface area (TPSA) is 53.9 Å². The van der Waals surface area contributed by atoms with Crippen LogP contribution >= 0.6 is 11.6 Å². The Kier molecular flexibility index (Phi) is 4.74. The monoisotopic (exact) mass is 291 g/mol. The maximum Gasteiger partial charge on any atom is 0.230 e. The van der Waals surface area contributed by atoms with Gasteiger partial charge < -0.3 is 10.2 Å². The van der Waals surface area contributed by atoms with Crippen molar-refractivity contribution in [3.8, 4) is 11.4 Å². The Morgan fingerprint density at radius 2 is 1.80 bits per heavy atom. The minimum absolute atomic E-state index is 0.539. The predicted octanol–water partition coefficient (Wildman–Crippen LogP) is 3.08. The number of benzene rings is 1. The van der Waals surface area contributed by atoms with E-state index < -0.39 is 0 Å². The van der Waals surface area contributed by atoms with E-state index in [-0.39, 0.29) is 0 Å². The third-order valence-corrected chi connectivity index (χ3v) is 3.34. The van der Waals surface area contributed by atoms with Crippen LogP contribution in [0.3, 0.4) is 0 Å². The van der Waals surface area contributed by atoms with Crippen LogP contribution in [0.25, 0.3) is 11.4 Å². The van der Waals surface area contributed by atoms with Crippen LogP contribution in [-0.4, -0.2) is 35.1 Å². The lowest BCUT2D eigenvalue weighted by Crippen LogP contribution is -2.25. The van der Waals surface area contributed by atoms with E-state index in [1.54, 1.807) is 7.05 Å². The average Bonchev–Trinajstić information content (AvgIpc) is 2.48. The summed E-state index contributed by atoms with van der Waals surface area (Å²) in [5.41, 5.74) is 0.807. The molecule has 20 heavy (non-hydrogen) atoms. The molecule has 0 amide bonds. The van der Waals surface area contributed by atoms with Gasteiger partial charge in [-0.2, -0.15) is 15.0 Å². The molecule has 1 heterocycles. The highest BCUT2D eigenvalue weighted by atomic mass is 35.5. The van der Waals surface area contributed by atoms with Gasteiger partial charge in [0.1, 0.15) is 0 Å². The van der Waals surface area contributed by atoms with E-state index in [2.05, 4.69) is 39.0 Å². The van der Waals surface area contributed by atoms with Gasteiger partial charge in [-0.25, -0.2) is 0 Å². The molecule has 1 N–H and O–H groups in total. The van der Waals surface area contributed by atoms with Crippen molar-refractivity contribution in [1.82, 2.24) is 15.0 Å². The summed E-state index contributed by atoms with van der Waals surface area (Å²) in [5.74, 6) is 1.78. The average molecular weight is 292 g/mol. The van der Waals surface area contributed by atoms with E-state index in [0.29, 0.717) is 22.7 Å². The molecule has 6 heteroatoms. The van der Waals surface area contributed by atoms with Crippen LogP contribution in [0.5, 0.6) is 0 Å². The van der Waals surface area contributed by atoms with Crippen LogP contribution in [0, 0.1) is 0 Å². The number of nitrogens with zero attached hydrogens (tertiary/aromatic N) is 4. The molecule has 5 nitrogen and oxygen atoms in total. The second-order valence-electron chi connectivity index (χ2n) is 4.18. The number of halogens is 1. The quantitative estimate of drug-likeness (QED) is 0.917. The lowest BCUT2D eigenvalue weighted by Gasteiger charge is -2.19. The van der Waals surface area contributed by atoms with Gasteiger partial charge in [0.2, 0.25) is 11.9 Å². The van der Waals surface area contributed by atoms with Gasteiger partial charge in [-0.1, -0.05) is 23.7 Å². The maximum absolute atomic E-state index is 6.22. The van der Waals surface area contributed by atoms with Crippen molar-refractivity contribution in [3.05, 3.63) is 29.3 Å². The molecule has 0 bridgehead atoms. The first-order chi connectivity index (χ1) is 9.69. The first-order valence-electron chi connectivity index (χ1n) is 6.63. The molecule has 0 fully saturated rings. The summed E-state index contributed by atoms with van der Waals surface area (Å²) in [4.78, 5) is 15.4. The van der Waals surface area contributed by atoms with Crippen molar-refractivity contribution < 1.29 is 0 Å². The third kappa shape index (κ3) is 2.99. The van der Waals surface area contributed by atoms with Gasteiger partial charge in [0.25, 0.3) is 0 Å². The van der Waals surface area contributed by atoms with E-state index in [4.69, 9.17) is 11.6 Å². The van der Waals surface area contributed by atoms with Crippen molar-refractivity contribution in [2.24, 2.45) is 0 Å². The fraction of sp³-hybridized carbons (Fsp3) is 0.357. The Morgan fingerprint density at radius 1 is 1.10 bits per heavy atom. The number of hydrogen-bond donors (Lipinski definition) is 1. The standard InChI is InChI=1S/C14H18ClN5/c1-4-20(5-2)14-18-12(17-13(16-3)19-14)10-8-6-7-9-11(10)15/h6-9H,4-5H2,1-3H3,(H,16,17,18,19). The second-order valence-corrected chi connectivity index (χ2v) is 4.59. The Bertz CT molecular complexity index is 584. The van der Waals surface area contributed by atoms with Crippen LogP contribution in [0.1, 0.15) is 13.8 Å². The molecule has 0 unspecified atom stereocenters. The normalized spacial score (nSPS) is 10.4. The zero-order chi connectivity index (χ0) is 14.5. The van der Waals surface area contributed by atoms with Crippen LogP contribution < -0.4 is 10.2 Å². The molecule has 0 saturated carbocycles. The minimum atomic E-state index is 0.539. The lowest BCUT2D eigenvalue weighted by molar-refractivity contribution is 0.815. The fourth-order valence-electron chi connectivity index (χ4n) is 1.89. The van der Waals surface area contributed by atoms with Crippen molar-refractivity contribution >= 4 is 23.5 Å². The van der Waals surface area contributed by atoms with E-state index in [9.17, 15) is 0 Å². The van der Waals surface area contributed by atoms with Gasteiger partial charge in [-0.3, -0.25) is 0 Å². The summed E-state index contributed by atoms with van der Waals surface area (Å²) in [5, 5.41) is 3.60. The molecule has 0 aliphatic heterocycles. The molecule has 1 aromatic heterocycles. The van der Waals surface area contributed by atoms with Crippen molar-refractivity contribution in [2.45, 2.75) is 13.8 Å². The Balaban J connectivity index is 2.54. The summed E-state index contributed by atoms with van der Waals surface area (Å²) >= 11 is 6.22. The van der Waals surface area contributed by atoms with Crippen molar-refractivity contribution in [2.75, 3.05) is 30.4 Å². The van der Waals surface area contributed by atoms with Gasteiger partial charge in [-0.05, 0) is 26.0 Å². The highest BCUT2D eigenvalue weighted by molar-refractivity contribution is 6.33. The molecule has 2 rings (SSSR count). The molecule has 0 saturated heterocycles. The molecular formula is C14H18ClN5. The molecule has 1 aromatic carbocycles. The fourth-order valence-corrected chi connectivity index (χ4v) is 2.11. The van der Waals surface area contributed by atoms with Crippen molar-refractivity contribution in [3.63, 3.8) is 0 Å². The van der Waals surface area contributed by atoms with E-state index in [1.165, 1.54) is 0 Å². The van der Waals surface area contributed by atoms with E-state index >= 15 is 0 Å². The van der Waals surface area contributed by atoms with E-state index in [1.807, 2.05) is 24.3 Å². The van der Waals surface area contributed by atoms with Gasteiger partial charge in [-0.15, -0.1) is 0 Å². The number of anilines is 2. The van der Waals surface area contributed by atoms with Gasteiger partial charge >= 0.3 is 0 Å². The first-order valence-corrected chi connectivity index (χ1v) is 7.01. The highest BCUT2D eigenvalue weighted by Gasteiger charge is 2.13. The number of nitrogens with one attached hydrogen (secondary N) is 1. The second kappa shape index (κ2) is 6.52. The zero-order valence-corrected chi connectivity index (χ0v) is 12.6. The Hall–Kier alpha value is -1.88. The largest absolute Gasteiger partial charge is 0.357 e. The summed E-state index contributed by atoms with van der Waals surface area (Å²) < 4.78 is 0. The first kappa shape index (κ1) is 14.5. The molecule has 0 radical (unpaired) electrons. The van der Waals surface area contributed by atoms with Crippen molar-refractivity contribution in [1.29, 1.82) is 0 Å². The van der Waals surface area contributed by atoms with Gasteiger partial charge in [0, 0.05) is 25.7 Å².